The highest BCUT2D eigenvalue weighted by Gasteiger charge is 2.43. The predicted molar refractivity (Wildman–Crippen MR) is 73.1 cm³/mol. The number of piperidine rings is 1. The van der Waals surface area contributed by atoms with E-state index in [0.717, 1.165) is 44.3 Å². The summed E-state index contributed by atoms with van der Waals surface area (Å²) >= 11 is 0. The number of carbonyl (C=O) groups excluding carboxylic acids is 1. The van der Waals surface area contributed by atoms with E-state index in [2.05, 4.69) is 31.3 Å². The van der Waals surface area contributed by atoms with Crippen LogP contribution in [0.5, 0.6) is 0 Å². The lowest BCUT2D eigenvalue weighted by Crippen LogP contribution is -2.44. The van der Waals surface area contributed by atoms with Gasteiger partial charge in [-0.15, -0.1) is 0 Å². The highest BCUT2D eigenvalue weighted by Crippen LogP contribution is 2.42. The predicted octanol–water partition coefficient (Wildman–Crippen LogP) is 2.80. The zero-order chi connectivity index (χ0) is 12.8. The average molecular weight is 243 g/mol. The van der Waals surface area contributed by atoms with Crippen molar-refractivity contribution in [1.29, 1.82) is 0 Å². The molecule has 18 heavy (non-hydrogen) atoms. The van der Waals surface area contributed by atoms with Gasteiger partial charge in [0, 0.05) is 11.0 Å². The first-order valence-corrected chi connectivity index (χ1v) is 6.98. The molecule has 0 amide bonds. The van der Waals surface area contributed by atoms with Crippen molar-refractivity contribution < 1.29 is 4.79 Å². The summed E-state index contributed by atoms with van der Waals surface area (Å²) < 4.78 is 0. The summed E-state index contributed by atoms with van der Waals surface area (Å²) in [7, 11) is 0. The molecule has 1 fully saturated rings. The standard InChI is InChI=1S/C16H21NO/c1-11-9-12(2)13-3-4-16(5-7-17-8-6-16)15(18)14(13)10-11/h9-10,17H,3-8H2,1-2H3. The first-order valence-electron chi connectivity index (χ1n) is 6.98. The molecule has 3 rings (SSSR count). The SMILES string of the molecule is Cc1cc(C)c2c(c1)C(=O)C1(CCNCC1)CC2. The summed E-state index contributed by atoms with van der Waals surface area (Å²) in [6.45, 7) is 6.21. The van der Waals surface area contributed by atoms with Gasteiger partial charge in [-0.2, -0.15) is 0 Å². The summed E-state index contributed by atoms with van der Waals surface area (Å²) in [6.07, 6.45) is 4.15. The number of hydrogen-bond donors (Lipinski definition) is 1. The number of Topliss-reactive ketones (excluding diaryl/α,β-unsaturated/α-hetero) is 1. The van der Waals surface area contributed by atoms with Crippen molar-refractivity contribution >= 4 is 5.78 Å². The van der Waals surface area contributed by atoms with E-state index in [1.54, 1.807) is 0 Å². The van der Waals surface area contributed by atoms with Gasteiger partial charge in [-0.1, -0.05) is 11.6 Å². The second-order valence-corrected chi connectivity index (χ2v) is 5.97. The Bertz CT molecular complexity index is 498. The van der Waals surface area contributed by atoms with E-state index in [4.69, 9.17) is 0 Å². The highest BCUT2D eigenvalue weighted by atomic mass is 16.1. The Hall–Kier alpha value is -1.15. The van der Waals surface area contributed by atoms with Crippen molar-refractivity contribution in [3.8, 4) is 0 Å². The van der Waals surface area contributed by atoms with Gasteiger partial charge in [0.1, 0.15) is 0 Å². The van der Waals surface area contributed by atoms with Crippen molar-refractivity contribution in [2.45, 2.75) is 39.5 Å². The van der Waals surface area contributed by atoms with Gasteiger partial charge in [0.15, 0.2) is 5.78 Å². The van der Waals surface area contributed by atoms with Crippen LogP contribution in [0.1, 0.15) is 46.3 Å². The van der Waals surface area contributed by atoms with Crippen LogP contribution < -0.4 is 5.32 Å². The molecule has 0 aromatic heterocycles. The number of benzene rings is 1. The molecule has 1 aromatic rings. The van der Waals surface area contributed by atoms with Crippen molar-refractivity contribution in [1.82, 2.24) is 5.32 Å². The minimum Gasteiger partial charge on any atom is -0.317 e. The zero-order valence-electron chi connectivity index (χ0n) is 11.3. The fraction of sp³-hybridized carbons (Fsp3) is 0.562. The number of nitrogens with one attached hydrogen (secondary N) is 1. The molecule has 0 atom stereocenters. The van der Waals surface area contributed by atoms with Crippen LogP contribution in [-0.4, -0.2) is 18.9 Å². The lowest BCUT2D eigenvalue weighted by atomic mass is 9.65. The molecule has 0 radical (unpaired) electrons. The molecule has 96 valence electrons. The van der Waals surface area contributed by atoms with Gasteiger partial charge in [-0.05, 0) is 69.8 Å². The van der Waals surface area contributed by atoms with Crippen LogP contribution in [0.4, 0.5) is 0 Å². The van der Waals surface area contributed by atoms with Crippen molar-refractivity contribution in [3.05, 3.63) is 34.4 Å². The molecule has 1 heterocycles. The summed E-state index contributed by atoms with van der Waals surface area (Å²) in [5, 5.41) is 3.37. The van der Waals surface area contributed by atoms with Gasteiger partial charge in [0.05, 0.1) is 0 Å². The molecule has 1 aliphatic carbocycles. The van der Waals surface area contributed by atoms with Gasteiger partial charge in [-0.25, -0.2) is 0 Å². The minimum atomic E-state index is -0.0571. The fourth-order valence-corrected chi connectivity index (χ4v) is 3.68. The molecular formula is C16H21NO. The molecule has 1 saturated heterocycles. The maximum absolute atomic E-state index is 12.9. The van der Waals surface area contributed by atoms with E-state index >= 15 is 0 Å². The maximum atomic E-state index is 12.9. The molecule has 0 bridgehead atoms. The van der Waals surface area contributed by atoms with Gasteiger partial charge >= 0.3 is 0 Å². The Balaban J connectivity index is 2.06. The van der Waals surface area contributed by atoms with E-state index in [1.807, 2.05) is 0 Å². The molecule has 1 spiro atoms. The van der Waals surface area contributed by atoms with E-state index in [9.17, 15) is 4.79 Å². The Morgan fingerprint density at radius 1 is 1.11 bits per heavy atom. The van der Waals surface area contributed by atoms with Crippen molar-refractivity contribution in [2.24, 2.45) is 5.41 Å². The summed E-state index contributed by atoms with van der Waals surface area (Å²) in [4.78, 5) is 12.9. The summed E-state index contributed by atoms with van der Waals surface area (Å²) in [5.74, 6) is 0.414. The minimum absolute atomic E-state index is 0.0571. The maximum Gasteiger partial charge on any atom is 0.169 e. The topological polar surface area (TPSA) is 29.1 Å². The second kappa shape index (κ2) is 4.20. The molecular weight excluding hydrogens is 222 g/mol. The molecule has 2 heteroatoms. The van der Waals surface area contributed by atoms with Crippen LogP contribution in [0.15, 0.2) is 12.1 Å². The number of hydrogen-bond acceptors (Lipinski definition) is 2. The number of aryl methyl sites for hydroxylation is 2. The van der Waals surface area contributed by atoms with Crippen LogP contribution in [0.3, 0.4) is 0 Å². The molecule has 1 aliphatic heterocycles. The van der Waals surface area contributed by atoms with Crippen molar-refractivity contribution in [2.75, 3.05) is 13.1 Å². The lowest BCUT2D eigenvalue weighted by Gasteiger charge is -2.40. The van der Waals surface area contributed by atoms with Crippen LogP contribution in [0, 0.1) is 19.3 Å². The second-order valence-electron chi connectivity index (χ2n) is 5.97. The Labute approximate surface area is 109 Å². The Kier molecular flexibility index (Phi) is 2.78. The van der Waals surface area contributed by atoms with E-state index in [1.165, 1.54) is 16.7 Å². The third-order valence-corrected chi connectivity index (χ3v) is 4.76. The van der Waals surface area contributed by atoms with Gasteiger partial charge in [0.2, 0.25) is 0 Å². The molecule has 0 saturated carbocycles. The van der Waals surface area contributed by atoms with E-state index in [-0.39, 0.29) is 5.41 Å². The number of ketones is 1. The van der Waals surface area contributed by atoms with Gasteiger partial charge in [0.25, 0.3) is 0 Å². The lowest BCUT2D eigenvalue weighted by molar-refractivity contribution is 0.0685. The first kappa shape index (κ1) is 11.9. The normalized spacial score (nSPS) is 22.0. The quantitative estimate of drug-likeness (QED) is 0.759. The van der Waals surface area contributed by atoms with Crippen LogP contribution in [0.2, 0.25) is 0 Å². The van der Waals surface area contributed by atoms with Gasteiger partial charge < -0.3 is 5.32 Å². The highest BCUT2D eigenvalue weighted by molar-refractivity contribution is 6.03. The molecule has 2 aliphatic rings. The smallest absolute Gasteiger partial charge is 0.169 e. The monoisotopic (exact) mass is 243 g/mol. The van der Waals surface area contributed by atoms with E-state index in [0.29, 0.717) is 5.78 Å². The van der Waals surface area contributed by atoms with E-state index < -0.39 is 0 Å². The molecule has 0 unspecified atom stereocenters. The van der Waals surface area contributed by atoms with Crippen molar-refractivity contribution in [3.63, 3.8) is 0 Å². The Morgan fingerprint density at radius 2 is 1.83 bits per heavy atom. The number of rotatable bonds is 0. The molecule has 2 nitrogen and oxygen atoms in total. The largest absolute Gasteiger partial charge is 0.317 e. The summed E-state index contributed by atoms with van der Waals surface area (Å²) in [6, 6.07) is 4.31. The van der Waals surface area contributed by atoms with Crippen LogP contribution in [0.25, 0.3) is 0 Å². The molecule has 1 N–H and O–H groups in total. The van der Waals surface area contributed by atoms with Crippen LogP contribution in [-0.2, 0) is 6.42 Å². The Morgan fingerprint density at radius 3 is 2.56 bits per heavy atom. The zero-order valence-corrected chi connectivity index (χ0v) is 11.3. The third kappa shape index (κ3) is 1.71. The third-order valence-electron chi connectivity index (χ3n) is 4.76. The first-order chi connectivity index (χ1) is 8.62. The average Bonchev–Trinajstić information content (AvgIpc) is 2.36. The summed E-state index contributed by atoms with van der Waals surface area (Å²) in [5.41, 5.74) is 4.77. The molecule has 1 aromatic carbocycles. The number of fused-ring (bicyclic) bond motifs is 1. The fourth-order valence-electron chi connectivity index (χ4n) is 3.68. The van der Waals surface area contributed by atoms with Gasteiger partial charge in [-0.3, -0.25) is 4.79 Å². The van der Waals surface area contributed by atoms with Crippen LogP contribution >= 0.6 is 0 Å². The number of carbonyl (C=O) groups is 1.